The summed E-state index contributed by atoms with van der Waals surface area (Å²) in [7, 11) is 2.06. The van der Waals surface area contributed by atoms with Crippen molar-refractivity contribution in [2.45, 2.75) is 38.1 Å². The zero-order valence-corrected chi connectivity index (χ0v) is 16.9. The molecular formula is C22H26FN3OS. The number of nitrogens with one attached hydrogen (secondary N) is 1. The van der Waals surface area contributed by atoms with Gasteiger partial charge in [-0.2, -0.15) is 0 Å². The first-order chi connectivity index (χ1) is 13.6. The summed E-state index contributed by atoms with van der Waals surface area (Å²) in [6.45, 7) is 0. The highest BCUT2D eigenvalue weighted by Crippen LogP contribution is 2.26. The van der Waals surface area contributed by atoms with Crippen molar-refractivity contribution >= 4 is 34.2 Å². The van der Waals surface area contributed by atoms with Crippen LogP contribution in [-0.4, -0.2) is 34.8 Å². The second kappa shape index (κ2) is 10.3. The van der Waals surface area contributed by atoms with Crippen LogP contribution in [-0.2, 0) is 4.79 Å². The highest BCUT2D eigenvalue weighted by molar-refractivity contribution is 8.14. The molecule has 0 radical (unpaired) electrons. The molecule has 0 spiro atoms. The minimum Gasteiger partial charge on any atom is -0.351 e. The summed E-state index contributed by atoms with van der Waals surface area (Å²) in [5, 5.41) is 3.46. The lowest BCUT2D eigenvalue weighted by molar-refractivity contribution is -0.113. The number of nitrogens with zero attached hydrogens (tertiary/aromatic N) is 2. The molecular weight excluding hydrogens is 373 g/mol. The van der Waals surface area contributed by atoms with Crippen LogP contribution in [0.4, 0.5) is 15.8 Å². The van der Waals surface area contributed by atoms with Gasteiger partial charge in [-0.25, -0.2) is 9.38 Å². The van der Waals surface area contributed by atoms with Gasteiger partial charge in [-0.3, -0.25) is 4.79 Å². The predicted octanol–water partition coefficient (Wildman–Crippen LogP) is 5.45. The fraction of sp³-hybridized carbons (Fsp3) is 0.364. The zero-order valence-electron chi connectivity index (χ0n) is 16.1. The number of benzene rings is 2. The molecule has 0 bridgehead atoms. The van der Waals surface area contributed by atoms with Crippen LogP contribution in [0.2, 0.25) is 0 Å². The van der Waals surface area contributed by atoms with Crippen molar-refractivity contribution in [3.05, 3.63) is 60.4 Å². The van der Waals surface area contributed by atoms with E-state index >= 15 is 0 Å². The Kier molecular flexibility index (Phi) is 7.48. The number of halogens is 1. The van der Waals surface area contributed by atoms with E-state index in [0.29, 0.717) is 6.04 Å². The van der Waals surface area contributed by atoms with E-state index in [9.17, 15) is 9.18 Å². The third kappa shape index (κ3) is 5.83. The first-order valence-corrected chi connectivity index (χ1v) is 10.7. The largest absolute Gasteiger partial charge is 0.351 e. The van der Waals surface area contributed by atoms with Crippen LogP contribution in [0.5, 0.6) is 0 Å². The first kappa shape index (κ1) is 20.4. The number of anilines is 1. The molecule has 4 nitrogen and oxygen atoms in total. The van der Waals surface area contributed by atoms with Gasteiger partial charge in [0.05, 0.1) is 17.1 Å². The van der Waals surface area contributed by atoms with Gasteiger partial charge in [-0.1, -0.05) is 61.4 Å². The molecule has 0 aromatic heterocycles. The maximum Gasteiger partial charge on any atom is 0.234 e. The minimum atomic E-state index is -0.432. The number of aliphatic imine (C=N–C) groups is 1. The second-order valence-corrected chi connectivity index (χ2v) is 7.89. The lowest BCUT2D eigenvalue weighted by atomic mass is 9.95. The Morgan fingerprint density at radius 3 is 2.50 bits per heavy atom. The van der Waals surface area contributed by atoms with Gasteiger partial charge in [0.1, 0.15) is 5.82 Å². The van der Waals surface area contributed by atoms with Crippen molar-refractivity contribution in [3.8, 4) is 0 Å². The minimum absolute atomic E-state index is 0.178. The van der Waals surface area contributed by atoms with Gasteiger partial charge in [0.25, 0.3) is 0 Å². The Morgan fingerprint density at radius 1 is 1.11 bits per heavy atom. The van der Waals surface area contributed by atoms with Crippen molar-refractivity contribution < 1.29 is 9.18 Å². The van der Waals surface area contributed by atoms with Crippen molar-refractivity contribution in [2.24, 2.45) is 4.99 Å². The molecule has 1 aliphatic rings. The SMILES string of the molecule is CN(C(=Nc1ccccc1)SCC(=O)Nc1ccccc1F)C1CCCCC1. The van der Waals surface area contributed by atoms with Gasteiger partial charge < -0.3 is 10.2 Å². The summed E-state index contributed by atoms with van der Waals surface area (Å²) in [6.07, 6.45) is 6.03. The van der Waals surface area contributed by atoms with E-state index in [2.05, 4.69) is 17.3 Å². The molecule has 1 saturated carbocycles. The Balaban J connectivity index is 1.69. The van der Waals surface area contributed by atoms with Crippen LogP contribution in [0.1, 0.15) is 32.1 Å². The molecule has 1 aliphatic carbocycles. The normalized spacial score (nSPS) is 15.3. The Labute approximate surface area is 170 Å². The lowest BCUT2D eigenvalue weighted by Crippen LogP contribution is -2.37. The van der Waals surface area contributed by atoms with Crippen LogP contribution < -0.4 is 5.32 Å². The standard InChI is InChI=1S/C22H26FN3OS/c1-26(18-12-6-3-7-13-18)22(24-17-10-4-2-5-11-17)28-16-21(27)25-20-15-9-8-14-19(20)23/h2,4-5,8-11,14-15,18H,3,6-7,12-13,16H2,1H3,(H,25,27). The molecule has 0 aliphatic heterocycles. The van der Waals surface area contributed by atoms with Crippen molar-refractivity contribution in [1.29, 1.82) is 0 Å². The monoisotopic (exact) mass is 399 g/mol. The third-order valence-electron chi connectivity index (χ3n) is 4.89. The number of carbonyl (C=O) groups is 1. The molecule has 3 rings (SSSR count). The van der Waals surface area contributed by atoms with Crippen LogP contribution in [0, 0.1) is 5.82 Å². The van der Waals surface area contributed by atoms with Gasteiger partial charge in [-0.15, -0.1) is 0 Å². The average Bonchev–Trinajstić information content (AvgIpc) is 2.73. The summed E-state index contributed by atoms with van der Waals surface area (Å²) >= 11 is 1.39. The lowest BCUT2D eigenvalue weighted by Gasteiger charge is -2.33. The average molecular weight is 400 g/mol. The molecule has 0 unspecified atom stereocenters. The Hall–Kier alpha value is -2.34. The summed E-state index contributed by atoms with van der Waals surface area (Å²) in [4.78, 5) is 19.3. The van der Waals surface area contributed by atoms with E-state index in [1.807, 2.05) is 30.3 Å². The van der Waals surface area contributed by atoms with Crippen LogP contribution in [0.15, 0.2) is 59.6 Å². The molecule has 148 valence electrons. The molecule has 1 fully saturated rings. The second-order valence-electron chi connectivity index (χ2n) is 6.95. The Bertz CT molecular complexity index is 806. The molecule has 1 amide bonds. The van der Waals surface area contributed by atoms with Gasteiger partial charge in [0.2, 0.25) is 5.91 Å². The van der Waals surface area contributed by atoms with E-state index in [0.717, 1.165) is 23.7 Å². The number of rotatable bonds is 5. The number of amides is 1. The number of para-hydroxylation sites is 2. The first-order valence-electron chi connectivity index (χ1n) is 9.67. The molecule has 28 heavy (non-hydrogen) atoms. The van der Waals surface area contributed by atoms with Crippen molar-refractivity contribution in [1.82, 2.24) is 4.90 Å². The van der Waals surface area contributed by atoms with E-state index in [1.54, 1.807) is 18.2 Å². The quantitative estimate of drug-likeness (QED) is 0.537. The highest BCUT2D eigenvalue weighted by Gasteiger charge is 2.22. The van der Waals surface area contributed by atoms with E-state index in [4.69, 9.17) is 4.99 Å². The number of thioether (sulfide) groups is 1. The molecule has 6 heteroatoms. The molecule has 0 heterocycles. The summed E-state index contributed by atoms with van der Waals surface area (Å²) in [5.41, 5.74) is 1.07. The number of amidine groups is 1. The molecule has 2 aromatic carbocycles. The Morgan fingerprint density at radius 2 is 1.79 bits per heavy atom. The maximum atomic E-state index is 13.8. The van der Waals surface area contributed by atoms with Crippen LogP contribution >= 0.6 is 11.8 Å². The highest BCUT2D eigenvalue weighted by atomic mass is 32.2. The molecule has 0 saturated heterocycles. The third-order valence-corrected chi connectivity index (χ3v) is 5.93. The van der Waals surface area contributed by atoms with Gasteiger partial charge in [0, 0.05) is 13.1 Å². The van der Waals surface area contributed by atoms with Crippen LogP contribution in [0.25, 0.3) is 0 Å². The number of carbonyl (C=O) groups excluding carboxylic acids is 1. The van der Waals surface area contributed by atoms with Crippen molar-refractivity contribution in [2.75, 3.05) is 18.1 Å². The zero-order chi connectivity index (χ0) is 19.8. The maximum absolute atomic E-state index is 13.8. The summed E-state index contributed by atoms with van der Waals surface area (Å²) in [6, 6.07) is 16.4. The van der Waals surface area contributed by atoms with Crippen molar-refractivity contribution in [3.63, 3.8) is 0 Å². The molecule has 0 atom stereocenters. The number of hydrogen-bond acceptors (Lipinski definition) is 3. The number of hydrogen-bond donors (Lipinski definition) is 1. The van der Waals surface area contributed by atoms with Crippen LogP contribution in [0.3, 0.4) is 0 Å². The van der Waals surface area contributed by atoms with E-state index < -0.39 is 5.82 Å². The van der Waals surface area contributed by atoms with Gasteiger partial charge >= 0.3 is 0 Å². The predicted molar refractivity (Wildman–Crippen MR) is 116 cm³/mol. The summed E-state index contributed by atoms with van der Waals surface area (Å²) < 4.78 is 13.8. The smallest absolute Gasteiger partial charge is 0.234 e. The van der Waals surface area contributed by atoms with Gasteiger partial charge in [-0.05, 0) is 37.1 Å². The fourth-order valence-electron chi connectivity index (χ4n) is 3.33. The molecule has 2 aromatic rings. The van der Waals surface area contributed by atoms with Gasteiger partial charge in [0.15, 0.2) is 5.17 Å². The molecule has 1 N–H and O–H groups in total. The fourth-order valence-corrected chi connectivity index (χ4v) is 4.18. The van der Waals surface area contributed by atoms with E-state index in [-0.39, 0.29) is 17.3 Å². The summed E-state index contributed by atoms with van der Waals surface area (Å²) in [5.74, 6) is -0.497. The topological polar surface area (TPSA) is 44.7 Å². The van der Waals surface area contributed by atoms with E-state index in [1.165, 1.54) is 37.1 Å².